The Kier molecular flexibility index (Phi) is 5.43. The van der Waals surface area contributed by atoms with Crippen LogP contribution in [-0.4, -0.2) is 24.5 Å². The van der Waals surface area contributed by atoms with E-state index in [4.69, 9.17) is 16.3 Å². The van der Waals surface area contributed by atoms with Crippen molar-refractivity contribution in [2.45, 2.75) is 38.6 Å². The number of carbonyl (C=O) groups is 2. The van der Waals surface area contributed by atoms with Gasteiger partial charge in [0.15, 0.2) is 6.61 Å². The van der Waals surface area contributed by atoms with Crippen LogP contribution in [0.25, 0.3) is 0 Å². The third-order valence-electron chi connectivity index (χ3n) is 3.57. The van der Waals surface area contributed by atoms with Gasteiger partial charge in [0.1, 0.15) is 4.88 Å². The van der Waals surface area contributed by atoms with Crippen molar-refractivity contribution in [1.82, 2.24) is 5.32 Å². The van der Waals surface area contributed by atoms with E-state index in [1.807, 2.05) is 0 Å². The lowest BCUT2D eigenvalue weighted by atomic mass is 9.86. The van der Waals surface area contributed by atoms with E-state index in [1.54, 1.807) is 12.1 Å². The Balaban J connectivity index is 1.76. The molecule has 1 saturated carbocycles. The summed E-state index contributed by atoms with van der Waals surface area (Å²) < 4.78 is 5.51. The number of hydrogen-bond donors (Lipinski definition) is 1. The fourth-order valence-corrected chi connectivity index (χ4v) is 3.34. The first kappa shape index (κ1) is 15.3. The van der Waals surface area contributed by atoms with E-state index >= 15 is 0 Å². The largest absolute Gasteiger partial charge is 0.451 e. The number of carbonyl (C=O) groups excluding carboxylic acids is 2. The molecule has 2 atom stereocenters. The van der Waals surface area contributed by atoms with Gasteiger partial charge in [-0.2, -0.15) is 0 Å². The van der Waals surface area contributed by atoms with Crippen LogP contribution >= 0.6 is 22.9 Å². The van der Waals surface area contributed by atoms with Crippen LogP contribution in [0.3, 0.4) is 0 Å². The van der Waals surface area contributed by atoms with Crippen LogP contribution in [0.5, 0.6) is 0 Å². The molecular formula is C14H18ClNO3S. The molecule has 0 radical (unpaired) electrons. The van der Waals surface area contributed by atoms with Gasteiger partial charge in [0.2, 0.25) is 0 Å². The fraction of sp³-hybridized carbons (Fsp3) is 0.571. The lowest BCUT2D eigenvalue weighted by molar-refractivity contribution is -0.125. The molecule has 0 spiro atoms. The van der Waals surface area contributed by atoms with Crippen molar-refractivity contribution < 1.29 is 14.3 Å². The van der Waals surface area contributed by atoms with Gasteiger partial charge < -0.3 is 10.1 Å². The Bertz CT molecular complexity index is 489. The molecule has 1 aliphatic carbocycles. The van der Waals surface area contributed by atoms with E-state index in [2.05, 4.69) is 12.2 Å². The molecule has 20 heavy (non-hydrogen) atoms. The highest BCUT2D eigenvalue weighted by Gasteiger charge is 2.23. The fourth-order valence-electron chi connectivity index (χ4n) is 2.41. The zero-order valence-corrected chi connectivity index (χ0v) is 12.9. The van der Waals surface area contributed by atoms with Crippen LogP contribution in [0.2, 0.25) is 4.34 Å². The lowest BCUT2D eigenvalue weighted by Crippen LogP contribution is -2.42. The summed E-state index contributed by atoms with van der Waals surface area (Å²) in [5, 5.41) is 2.94. The van der Waals surface area contributed by atoms with Crippen molar-refractivity contribution in [2.75, 3.05) is 6.61 Å². The van der Waals surface area contributed by atoms with Crippen LogP contribution in [0.4, 0.5) is 0 Å². The number of thiophene rings is 1. The molecule has 0 saturated heterocycles. The summed E-state index contributed by atoms with van der Waals surface area (Å²) in [4.78, 5) is 23.9. The maximum Gasteiger partial charge on any atom is 0.348 e. The zero-order valence-electron chi connectivity index (χ0n) is 11.4. The lowest BCUT2D eigenvalue weighted by Gasteiger charge is -2.29. The molecule has 1 N–H and O–H groups in total. The van der Waals surface area contributed by atoms with Crippen molar-refractivity contribution in [3.8, 4) is 0 Å². The molecule has 6 heteroatoms. The Morgan fingerprint density at radius 2 is 2.15 bits per heavy atom. The normalized spacial score (nSPS) is 22.3. The number of halogens is 1. The average Bonchev–Trinajstić information content (AvgIpc) is 2.85. The van der Waals surface area contributed by atoms with Crippen molar-refractivity contribution in [1.29, 1.82) is 0 Å². The molecular weight excluding hydrogens is 298 g/mol. The summed E-state index contributed by atoms with van der Waals surface area (Å²) in [5.41, 5.74) is 0. The number of ether oxygens (including phenoxy) is 1. The SMILES string of the molecule is C[C@H]1CCCC[C@@H]1NC(=O)COC(=O)c1ccc(Cl)s1. The third kappa shape index (κ3) is 4.21. The predicted molar refractivity (Wildman–Crippen MR) is 79.2 cm³/mol. The second-order valence-electron chi connectivity index (χ2n) is 5.12. The number of esters is 1. The second kappa shape index (κ2) is 7.09. The first-order valence-corrected chi connectivity index (χ1v) is 7.97. The second-order valence-corrected chi connectivity index (χ2v) is 6.83. The molecule has 1 aromatic heterocycles. The topological polar surface area (TPSA) is 55.4 Å². The van der Waals surface area contributed by atoms with Gasteiger partial charge in [-0.1, -0.05) is 31.4 Å². The van der Waals surface area contributed by atoms with E-state index in [9.17, 15) is 9.59 Å². The van der Waals surface area contributed by atoms with Gasteiger partial charge in [-0.05, 0) is 30.9 Å². The van der Waals surface area contributed by atoms with Gasteiger partial charge in [-0.25, -0.2) is 4.79 Å². The number of nitrogens with one attached hydrogen (secondary N) is 1. The van der Waals surface area contributed by atoms with Crippen LogP contribution < -0.4 is 5.32 Å². The van der Waals surface area contributed by atoms with Crippen molar-refractivity contribution in [2.24, 2.45) is 5.92 Å². The minimum atomic E-state index is -0.506. The smallest absolute Gasteiger partial charge is 0.348 e. The number of rotatable bonds is 4. The first-order chi connectivity index (χ1) is 9.56. The maximum atomic E-state index is 11.8. The standard InChI is InChI=1S/C14H18ClNO3S/c1-9-4-2-3-5-10(9)16-13(17)8-19-14(18)11-6-7-12(15)20-11/h6-7,9-10H,2-5,8H2,1H3,(H,16,17)/t9-,10-/m0/s1. The monoisotopic (exact) mass is 315 g/mol. The Labute approximate surface area is 127 Å². The van der Waals surface area contributed by atoms with E-state index < -0.39 is 5.97 Å². The third-order valence-corrected chi connectivity index (χ3v) is 4.78. The van der Waals surface area contributed by atoms with Crippen molar-refractivity contribution >= 4 is 34.8 Å². The molecule has 0 aromatic carbocycles. The maximum absolute atomic E-state index is 11.8. The number of hydrogen-bond acceptors (Lipinski definition) is 4. The minimum absolute atomic E-state index is 0.200. The highest BCUT2D eigenvalue weighted by Crippen LogP contribution is 2.24. The van der Waals surface area contributed by atoms with Gasteiger partial charge in [0.05, 0.1) is 4.34 Å². The molecule has 1 aromatic rings. The van der Waals surface area contributed by atoms with Crippen LogP contribution in [-0.2, 0) is 9.53 Å². The van der Waals surface area contributed by atoms with Crippen LogP contribution in [0, 0.1) is 5.92 Å². The molecule has 1 fully saturated rings. The van der Waals surface area contributed by atoms with Gasteiger partial charge in [-0.3, -0.25) is 4.79 Å². The molecule has 110 valence electrons. The highest BCUT2D eigenvalue weighted by molar-refractivity contribution is 7.17. The van der Waals surface area contributed by atoms with Gasteiger partial charge in [-0.15, -0.1) is 11.3 Å². The Morgan fingerprint density at radius 1 is 1.40 bits per heavy atom. The number of amides is 1. The molecule has 1 amide bonds. The Morgan fingerprint density at radius 3 is 2.80 bits per heavy atom. The van der Waals surface area contributed by atoms with E-state index in [-0.39, 0.29) is 18.6 Å². The van der Waals surface area contributed by atoms with Crippen molar-refractivity contribution in [3.63, 3.8) is 0 Å². The van der Waals surface area contributed by atoms with E-state index in [1.165, 1.54) is 6.42 Å². The summed E-state index contributed by atoms with van der Waals surface area (Å²) in [7, 11) is 0. The van der Waals surface area contributed by atoms with Gasteiger partial charge >= 0.3 is 5.97 Å². The molecule has 2 rings (SSSR count). The van der Waals surface area contributed by atoms with Crippen molar-refractivity contribution in [3.05, 3.63) is 21.3 Å². The molecule has 0 unspecified atom stereocenters. The van der Waals surface area contributed by atoms with Crippen LogP contribution in [0.1, 0.15) is 42.3 Å². The average molecular weight is 316 g/mol. The first-order valence-electron chi connectivity index (χ1n) is 6.78. The minimum Gasteiger partial charge on any atom is -0.451 e. The van der Waals surface area contributed by atoms with E-state index in [0.717, 1.165) is 30.6 Å². The summed E-state index contributed by atoms with van der Waals surface area (Å²) in [6, 6.07) is 3.43. The van der Waals surface area contributed by atoms with Gasteiger partial charge in [0.25, 0.3) is 5.91 Å². The highest BCUT2D eigenvalue weighted by atomic mass is 35.5. The quantitative estimate of drug-likeness (QED) is 0.868. The van der Waals surface area contributed by atoms with E-state index in [0.29, 0.717) is 15.1 Å². The van der Waals surface area contributed by atoms with Crippen LogP contribution in [0.15, 0.2) is 12.1 Å². The molecule has 0 bridgehead atoms. The predicted octanol–water partition coefficient (Wildman–Crippen LogP) is 3.25. The molecule has 1 aliphatic rings. The Hall–Kier alpha value is -1.07. The summed E-state index contributed by atoms with van der Waals surface area (Å²) in [6.07, 6.45) is 4.50. The van der Waals surface area contributed by atoms with Gasteiger partial charge in [0, 0.05) is 6.04 Å². The molecule has 1 heterocycles. The summed E-state index contributed by atoms with van der Waals surface area (Å²) in [6.45, 7) is 1.90. The molecule has 0 aliphatic heterocycles. The summed E-state index contributed by atoms with van der Waals surface area (Å²) in [5.74, 6) is -0.256. The summed E-state index contributed by atoms with van der Waals surface area (Å²) >= 11 is 6.89. The zero-order chi connectivity index (χ0) is 14.5. The molecule has 4 nitrogen and oxygen atoms in total.